The first-order valence-corrected chi connectivity index (χ1v) is 13.2. The van der Waals surface area contributed by atoms with E-state index >= 15 is 0 Å². The molecule has 1 aliphatic carbocycles. The predicted molar refractivity (Wildman–Crippen MR) is 111 cm³/mol. The van der Waals surface area contributed by atoms with Crippen LogP contribution in [0.2, 0.25) is 18.1 Å². The van der Waals surface area contributed by atoms with Gasteiger partial charge in [-0.1, -0.05) is 80.2 Å². The normalized spacial score (nSPS) is 31.1. The molecule has 3 heteroatoms. The van der Waals surface area contributed by atoms with Crippen LogP contribution < -0.4 is 0 Å². The van der Waals surface area contributed by atoms with Gasteiger partial charge in [0.15, 0.2) is 0 Å². The van der Waals surface area contributed by atoms with Crippen LogP contribution in [0.3, 0.4) is 0 Å². The second-order valence-electron chi connectivity index (χ2n) is 8.26. The van der Waals surface area contributed by atoms with E-state index in [9.17, 15) is 4.39 Å². The van der Waals surface area contributed by atoms with Crippen molar-refractivity contribution in [3.63, 3.8) is 0 Å². The summed E-state index contributed by atoms with van der Waals surface area (Å²) in [5.74, 6) is 2.31. The van der Waals surface area contributed by atoms with Gasteiger partial charge in [0, 0.05) is 19.9 Å². The van der Waals surface area contributed by atoms with Gasteiger partial charge in [0.2, 0.25) is 0 Å². The minimum Gasteiger partial charge on any atom is -0.205 e. The standard InChI is InChI=1S/C22H32ClFSi/c1-2-13-25-14-11-20(12-15-25)19-5-3-17(4-6-19)18-7-9-21(10-8-18)22(24)16-23/h7-10,16-17,19-20,25H,2-6,11-15H2,1H3/b22-16-. The smallest absolute Gasteiger partial charge is 0.141 e. The molecule has 0 radical (unpaired) electrons. The Balaban J connectivity index is 1.49. The number of hydrogen-bond donors (Lipinski definition) is 0. The number of benzene rings is 1. The lowest BCUT2D eigenvalue weighted by molar-refractivity contribution is 0.216. The van der Waals surface area contributed by atoms with Crippen molar-refractivity contribution in [2.75, 3.05) is 0 Å². The lowest BCUT2D eigenvalue weighted by Crippen LogP contribution is -2.28. The van der Waals surface area contributed by atoms with Gasteiger partial charge >= 0.3 is 0 Å². The van der Waals surface area contributed by atoms with Crippen molar-refractivity contribution in [2.45, 2.75) is 75.9 Å². The van der Waals surface area contributed by atoms with Crippen LogP contribution >= 0.6 is 11.6 Å². The summed E-state index contributed by atoms with van der Waals surface area (Å²) in [4.78, 5) is 0. The van der Waals surface area contributed by atoms with Gasteiger partial charge in [-0.05, 0) is 49.0 Å². The van der Waals surface area contributed by atoms with E-state index in [-0.39, 0.29) is 14.6 Å². The molecule has 1 saturated carbocycles. The third-order valence-electron chi connectivity index (χ3n) is 6.78. The molecule has 138 valence electrons. The summed E-state index contributed by atoms with van der Waals surface area (Å²) in [6.07, 6.45) is 9.89. The van der Waals surface area contributed by atoms with Crippen molar-refractivity contribution in [2.24, 2.45) is 11.8 Å². The fraction of sp³-hybridized carbons (Fsp3) is 0.636. The minimum absolute atomic E-state index is 0.341. The average Bonchev–Trinajstić information content (AvgIpc) is 2.68. The molecule has 0 unspecified atom stereocenters. The molecule has 0 bridgehead atoms. The Hall–Kier alpha value is -0.603. The van der Waals surface area contributed by atoms with Crippen LogP contribution in [-0.4, -0.2) is 8.80 Å². The highest BCUT2D eigenvalue weighted by Gasteiger charge is 2.31. The topological polar surface area (TPSA) is 0 Å². The van der Waals surface area contributed by atoms with Crippen LogP contribution in [0.25, 0.3) is 5.83 Å². The zero-order valence-corrected chi connectivity index (χ0v) is 17.4. The van der Waals surface area contributed by atoms with Crippen molar-refractivity contribution in [3.05, 3.63) is 40.9 Å². The molecule has 0 amide bonds. The monoisotopic (exact) mass is 378 g/mol. The zero-order valence-electron chi connectivity index (χ0n) is 15.5. The molecule has 0 N–H and O–H groups in total. The zero-order chi connectivity index (χ0) is 17.6. The maximum atomic E-state index is 13.5. The molecule has 0 aromatic heterocycles. The van der Waals surface area contributed by atoms with Gasteiger partial charge in [-0.2, -0.15) is 0 Å². The molecule has 3 rings (SSSR count). The first kappa shape index (κ1) is 19.2. The molecule has 0 spiro atoms. The lowest BCUT2D eigenvalue weighted by atomic mass is 9.72. The molecule has 1 heterocycles. The van der Waals surface area contributed by atoms with Crippen LogP contribution in [0.5, 0.6) is 0 Å². The Labute approximate surface area is 159 Å². The highest BCUT2D eigenvalue weighted by Crippen LogP contribution is 2.43. The maximum absolute atomic E-state index is 13.5. The highest BCUT2D eigenvalue weighted by molar-refractivity contribution is 6.58. The molecule has 1 aromatic rings. The Bertz CT molecular complexity index is 552. The third-order valence-corrected chi connectivity index (χ3v) is 10.7. The second-order valence-corrected chi connectivity index (χ2v) is 11.9. The molecule has 1 aromatic carbocycles. The van der Waals surface area contributed by atoms with E-state index in [4.69, 9.17) is 11.6 Å². The first-order valence-electron chi connectivity index (χ1n) is 10.3. The molecule has 2 fully saturated rings. The van der Waals surface area contributed by atoms with Crippen molar-refractivity contribution >= 4 is 26.2 Å². The summed E-state index contributed by atoms with van der Waals surface area (Å²) < 4.78 is 13.5. The Kier molecular flexibility index (Phi) is 7.18. The van der Waals surface area contributed by atoms with Crippen LogP contribution in [-0.2, 0) is 0 Å². The van der Waals surface area contributed by atoms with Crippen molar-refractivity contribution in [1.29, 1.82) is 0 Å². The Morgan fingerprint density at radius 2 is 1.64 bits per heavy atom. The lowest BCUT2D eigenvalue weighted by Gasteiger charge is -2.37. The molecule has 25 heavy (non-hydrogen) atoms. The van der Waals surface area contributed by atoms with Crippen molar-refractivity contribution in [1.82, 2.24) is 0 Å². The van der Waals surface area contributed by atoms with E-state index in [1.54, 1.807) is 18.1 Å². The van der Waals surface area contributed by atoms with E-state index in [0.717, 1.165) is 17.4 Å². The summed E-state index contributed by atoms with van der Waals surface area (Å²) in [6.45, 7) is 2.35. The Morgan fingerprint density at radius 1 is 1.04 bits per heavy atom. The van der Waals surface area contributed by atoms with Crippen LogP contribution in [0.15, 0.2) is 29.8 Å². The van der Waals surface area contributed by atoms with Gasteiger partial charge in [-0.3, -0.25) is 0 Å². The molecule has 0 nitrogen and oxygen atoms in total. The van der Waals surface area contributed by atoms with Gasteiger partial charge < -0.3 is 0 Å². The van der Waals surface area contributed by atoms with E-state index in [1.807, 2.05) is 12.1 Å². The van der Waals surface area contributed by atoms with E-state index in [1.165, 1.54) is 50.5 Å². The third kappa shape index (κ3) is 4.98. The van der Waals surface area contributed by atoms with E-state index in [0.29, 0.717) is 11.5 Å². The van der Waals surface area contributed by atoms with Gasteiger partial charge in [0.1, 0.15) is 5.83 Å². The molecule has 1 aliphatic heterocycles. The predicted octanol–water partition coefficient (Wildman–Crippen LogP) is 7.51. The van der Waals surface area contributed by atoms with Gasteiger partial charge in [0.25, 0.3) is 0 Å². The van der Waals surface area contributed by atoms with Crippen LogP contribution in [0.1, 0.15) is 68.9 Å². The quantitative estimate of drug-likeness (QED) is 0.465. The summed E-state index contributed by atoms with van der Waals surface area (Å²) in [5, 5.41) is 0. The second kappa shape index (κ2) is 9.37. The van der Waals surface area contributed by atoms with Crippen molar-refractivity contribution < 1.29 is 4.39 Å². The average molecular weight is 379 g/mol. The number of hydrogen-bond acceptors (Lipinski definition) is 0. The SMILES string of the molecule is CCC[SiH]1CCC(C2CCC(c3ccc(/C(F)=C/Cl)cc3)CC2)CC1. The number of rotatable bonds is 5. The first-order chi connectivity index (χ1) is 12.2. The van der Waals surface area contributed by atoms with Crippen LogP contribution in [0, 0.1) is 11.8 Å². The molecular weight excluding hydrogens is 347 g/mol. The van der Waals surface area contributed by atoms with Gasteiger partial charge in [-0.15, -0.1) is 0 Å². The summed E-state index contributed by atoms with van der Waals surface area (Å²) in [6, 6.07) is 12.7. The fourth-order valence-corrected chi connectivity index (χ4v) is 8.87. The van der Waals surface area contributed by atoms with Crippen LogP contribution in [0.4, 0.5) is 4.39 Å². The Morgan fingerprint density at radius 3 is 2.20 bits per heavy atom. The highest BCUT2D eigenvalue weighted by atomic mass is 35.5. The fourth-order valence-electron chi connectivity index (χ4n) is 5.26. The summed E-state index contributed by atoms with van der Waals surface area (Å²) in [7, 11) is -0.341. The molecule has 0 atom stereocenters. The van der Waals surface area contributed by atoms with E-state index in [2.05, 4.69) is 19.1 Å². The molecule has 2 aliphatic rings. The molecule has 1 saturated heterocycles. The maximum Gasteiger partial charge on any atom is 0.141 e. The van der Waals surface area contributed by atoms with Crippen molar-refractivity contribution in [3.8, 4) is 0 Å². The van der Waals surface area contributed by atoms with Gasteiger partial charge in [0.05, 0.1) is 0 Å². The van der Waals surface area contributed by atoms with E-state index < -0.39 is 0 Å². The molecular formula is C22H32ClFSi. The summed E-state index contributed by atoms with van der Waals surface area (Å²) >= 11 is 5.46. The number of halogens is 2. The van der Waals surface area contributed by atoms with Gasteiger partial charge in [-0.25, -0.2) is 4.39 Å². The largest absolute Gasteiger partial charge is 0.205 e. The summed E-state index contributed by atoms with van der Waals surface area (Å²) in [5.41, 5.74) is 2.97. The minimum atomic E-state index is -0.348.